The summed E-state index contributed by atoms with van der Waals surface area (Å²) in [7, 11) is 1.87. The third kappa shape index (κ3) is 2.04. The Hall–Kier alpha value is -2.46. The summed E-state index contributed by atoms with van der Waals surface area (Å²) in [4.78, 5) is 11.0. The maximum atomic E-state index is 7.49. The van der Waals surface area contributed by atoms with Crippen molar-refractivity contribution in [3.63, 3.8) is 0 Å². The molecule has 1 atom stereocenters. The summed E-state index contributed by atoms with van der Waals surface area (Å²) in [6.45, 7) is 25.2. The van der Waals surface area contributed by atoms with Crippen molar-refractivity contribution < 1.29 is 0 Å². The highest BCUT2D eigenvalue weighted by Gasteiger charge is 2.40. The molecule has 0 bridgehead atoms. The molecule has 1 heterocycles. The van der Waals surface area contributed by atoms with Crippen LogP contribution in [0.25, 0.3) is 9.69 Å². The third-order valence-electron chi connectivity index (χ3n) is 4.46. The van der Waals surface area contributed by atoms with Gasteiger partial charge in [-0.3, -0.25) is 4.90 Å². The van der Waals surface area contributed by atoms with Gasteiger partial charge in [-0.2, -0.15) is 0 Å². The molecule has 0 aliphatic carbocycles. The van der Waals surface area contributed by atoms with E-state index in [-0.39, 0.29) is 6.17 Å². The van der Waals surface area contributed by atoms with E-state index in [0.717, 1.165) is 11.3 Å². The molecule has 0 spiro atoms. The second kappa shape index (κ2) is 5.14. The van der Waals surface area contributed by atoms with Crippen LogP contribution >= 0.6 is 0 Å². The largest absolute Gasteiger partial charge is 0.374 e. The normalized spacial score (nSPS) is 18.0. The average molecular weight is 280 g/mol. The van der Waals surface area contributed by atoms with E-state index in [2.05, 4.69) is 43.5 Å². The Morgan fingerprint density at radius 2 is 1.52 bits per heavy atom. The summed E-state index contributed by atoms with van der Waals surface area (Å²) in [6.07, 6.45) is -0.0299. The Morgan fingerprint density at radius 1 is 0.952 bits per heavy atom. The number of nitrogens with zero attached hydrogens (tertiary/aromatic N) is 4. The highest BCUT2D eigenvalue weighted by molar-refractivity contribution is 5.69. The number of benzene rings is 1. The van der Waals surface area contributed by atoms with E-state index >= 15 is 0 Å². The first-order valence-electron chi connectivity index (χ1n) is 6.93. The molecule has 0 amide bonds. The average Bonchev–Trinajstić information content (AvgIpc) is 2.69. The molecule has 4 nitrogen and oxygen atoms in total. The molecule has 1 aliphatic heterocycles. The van der Waals surface area contributed by atoms with Crippen LogP contribution in [0.4, 0.5) is 5.69 Å². The van der Waals surface area contributed by atoms with Crippen molar-refractivity contribution in [2.24, 2.45) is 0 Å². The SMILES string of the molecule is [C-]#[N+]C1=C([N+]#[C-])N(c2c(C)cc(C)c(C)c2C)[C@@H](C)N1C. The highest BCUT2D eigenvalue weighted by Crippen LogP contribution is 2.39. The van der Waals surface area contributed by atoms with E-state index in [1.54, 1.807) is 0 Å². The van der Waals surface area contributed by atoms with Gasteiger partial charge in [0.2, 0.25) is 12.0 Å². The number of rotatable bonds is 1. The fourth-order valence-corrected chi connectivity index (χ4v) is 2.96. The number of hydrogen-bond donors (Lipinski definition) is 0. The van der Waals surface area contributed by atoms with Gasteiger partial charge in [-0.1, -0.05) is 19.2 Å². The number of hydrogen-bond acceptors (Lipinski definition) is 2. The first-order chi connectivity index (χ1) is 9.84. The molecule has 0 aromatic heterocycles. The minimum absolute atomic E-state index is 0.0299. The van der Waals surface area contributed by atoms with Gasteiger partial charge < -0.3 is 14.6 Å². The summed E-state index contributed by atoms with van der Waals surface area (Å²) >= 11 is 0. The summed E-state index contributed by atoms with van der Waals surface area (Å²) in [6, 6.07) is 2.15. The molecular formula is C17H20N4. The van der Waals surface area contributed by atoms with E-state index in [1.165, 1.54) is 16.7 Å². The lowest BCUT2D eigenvalue weighted by Gasteiger charge is -2.27. The topological polar surface area (TPSA) is 15.2 Å². The summed E-state index contributed by atoms with van der Waals surface area (Å²) in [5, 5.41) is 0. The van der Waals surface area contributed by atoms with Crippen LogP contribution in [0.1, 0.15) is 29.2 Å². The molecule has 0 saturated carbocycles. The van der Waals surface area contributed by atoms with Crippen molar-refractivity contribution in [3.8, 4) is 0 Å². The maximum absolute atomic E-state index is 7.49. The second-order valence-electron chi connectivity index (χ2n) is 5.59. The smallest absolute Gasteiger partial charge is 0.253 e. The van der Waals surface area contributed by atoms with E-state index in [0.29, 0.717) is 11.6 Å². The van der Waals surface area contributed by atoms with Crippen LogP contribution in [-0.2, 0) is 0 Å². The lowest BCUT2D eigenvalue weighted by molar-refractivity contribution is 0.364. The Morgan fingerprint density at radius 3 is 2.05 bits per heavy atom. The van der Waals surface area contributed by atoms with Crippen LogP contribution in [0.3, 0.4) is 0 Å². The van der Waals surface area contributed by atoms with E-state index in [9.17, 15) is 0 Å². The van der Waals surface area contributed by atoms with Gasteiger partial charge in [-0.05, 0) is 49.9 Å². The van der Waals surface area contributed by atoms with Crippen molar-refractivity contribution in [1.29, 1.82) is 0 Å². The fraction of sp³-hybridized carbons (Fsp3) is 0.412. The predicted octanol–water partition coefficient (Wildman–Crippen LogP) is 3.98. The standard InChI is InChI=1S/C17H20N4/c1-10-9-11(2)15(13(4)12(10)3)21-14(5)20(8)16(18-6)17(21)19-7/h9,14H,1-5,8H3/t14-/m0/s1. The van der Waals surface area contributed by atoms with Crippen LogP contribution in [0, 0.1) is 40.8 Å². The van der Waals surface area contributed by atoms with Gasteiger partial charge in [0, 0.05) is 6.92 Å². The van der Waals surface area contributed by atoms with Crippen LogP contribution < -0.4 is 4.90 Å². The molecule has 0 N–H and O–H groups in total. The summed E-state index contributed by atoms with van der Waals surface area (Å²) < 4.78 is 0. The van der Waals surface area contributed by atoms with Gasteiger partial charge in [-0.25, -0.2) is 0 Å². The van der Waals surface area contributed by atoms with Crippen LogP contribution in [0.15, 0.2) is 17.7 Å². The van der Waals surface area contributed by atoms with Gasteiger partial charge in [0.15, 0.2) is 0 Å². The molecule has 4 heteroatoms. The van der Waals surface area contributed by atoms with Crippen molar-refractivity contribution in [2.45, 2.75) is 40.8 Å². The van der Waals surface area contributed by atoms with Gasteiger partial charge in [-0.15, -0.1) is 0 Å². The zero-order valence-electron chi connectivity index (χ0n) is 13.4. The Labute approximate surface area is 126 Å². The van der Waals surface area contributed by atoms with Crippen molar-refractivity contribution in [3.05, 3.63) is 62.8 Å². The molecule has 21 heavy (non-hydrogen) atoms. The fourth-order valence-electron chi connectivity index (χ4n) is 2.96. The van der Waals surface area contributed by atoms with Crippen LogP contribution in [0.2, 0.25) is 0 Å². The zero-order valence-corrected chi connectivity index (χ0v) is 13.4. The third-order valence-corrected chi connectivity index (χ3v) is 4.46. The first kappa shape index (κ1) is 14.9. The Balaban J connectivity index is 2.74. The predicted molar refractivity (Wildman–Crippen MR) is 85.3 cm³/mol. The molecule has 1 aromatic rings. The van der Waals surface area contributed by atoms with E-state index in [1.807, 2.05) is 23.8 Å². The number of anilines is 1. The molecule has 0 radical (unpaired) electrons. The minimum atomic E-state index is -0.0299. The van der Waals surface area contributed by atoms with E-state index < -0.39 is 0 Å². The first-order valence-corrected chi connectivity index (χ1v) is 6.93. The molecule has 0 fully saturated rings. The van der Waals surface area contributed by atoms with Crippen molar-refractivity contribution in [1.82, 2.24) is 4.90 Å². The van der Waals surface area contributed by atoms with Gasteiger partial charge in [0.05, 0.1) is 7.05 Å². The van der Waals surface area contributed by atoms with Crippen LogP contribution in [0.5, 0.6) is 0 Å². The molecule has 2 rings (SSSR count). The monoisotopic (exact) mass is 280 g/mol. The molecular weight excluding hydrogens is 260 g/mol. The van der Waals surface area contributed by atoms with Crippen molar-refractivity contribution in [2.75, 3.05) is 11.9 Å². The van der Waals surface area contributed by atoms with Gasteiger partial charge in [0.1, 0.15) is 5.69 Å². The molecule has 0 unspecified atom stereocenters. The van der Waals surface area contributed by atoms with Gasteiger partial charge in [0.25, 0.3) is 5.82 Å². The Bertz CT molecular complexity index is 716. The lowest BCUT2D eigenvalue weighted by Crippen LogP contribution is -2.36. The minimum Gasteiger partial charge on any atom is -0.374 e. The van der Waals surface area contributed by atoms with E-state index in [4.69, 9.17) is 13.1 Å². The second-order valence-corrected chi connectivity index (χ2v) is 5.59. The molecule has 0 saturated heterocycles. The quantitative estimate of drug-likeness (QED) is 0.723. The molecule has 1 aromatic carbocycles. The molecule has 1 aliphatic rings. The Kier molecular flexibility index (Phi) is 3.66. The highest BCUT2D eigenvalue weighted by atomic mass is 15.5. The molecule has 108 valence electrons. The van der Waals surface area contributed by atoms with Gasteiger partial charge >= 0.3 is 0 Å². The van der Waals surface area contributed by atoms with Crippen LogP contribution in [-0.4, -0.2) is 18.1 Å². The zero-order chi connectivity index (χ0) is 15.9. The number of aryl methyl sites for hydroxylation is 2. The van der Waals surface area contributed by atoms with Crippen molar-refractivity contribution >= 4 is 5.69 Å². The summed E-state index contributed by atoms with van der Waals surface area (Å²) in [5.74, 6) is 0.851. The summed E-state index contributed by atoms with van der Waals surface area (Å²) in [5.41, 5.74) is 5.88. The lowest BCUT2D eigenvalue weighted by atomic mass is 9.97. The maximum Gasteiger partial charge on any atom is 0.253 e.